The van der Waals surface area contributed by atoms with Gasteiger partial charge in [0.15, 0.2) is 11.5 Å². The number of carbonyl (C=O) groups excluding carboxylic acids is 1. The highest BCUT2D eigenvalue weighted by Gasteiger charge is 2.15. The number of aromatic amines is 2. The van der Waals surface area contributed by atoms with E-state index in [9.17, 15) is 4.79 Å². The lowest BCUT2D eigenvalue weighted by Gasteiger charge is -2.12. The number of H-pyrrole nitrogens is 2. The Morgan fingerprint density at radius 3 is 2.81 bits per heavy atom. The molecule has 0 saturated carbocycles. The Bertz CT molecular complexity index is 1520. The summed E-state index contributed by atoms with van der Waals surface area (Å²) in [5, 5.41) is 10.8. The lowest BCUT2D eigenvalue weighted by atomic mass is 10.1. The van der Waals surface area contributed by atoms with Crippen LogP contribution in [0.4, 0.5) is 16.2 Å². The second-order valence-electron chi connectivity index (χ2n) is 7.35. The van der Waals surface area contributed by atoms with Gasteiger partial charge in [-0.25, -0.2) is 19.6 Å². The van der Waals surface area contributed by atoms with Crippen LogP contribution < -0.4 is 5.32 Å². The van der Waals surface area contributed by atoms with E-state index in [1.807, 2.05) is 24.3 Å². The quantitative estimate of drug-likeness (QED) is 0.376. The van der Waals surface area contributed by atoms with E-state index in [1.165, 1.54) is 4.90 Å². The predicted octanol–water partition coefficient (Wildman–Crippen LogP) is 4.21. The number of para-hydroxylation sites is 1. The molecule has 10 heteroatoms. The summed E-state index contributed by atoms with van der Waals surface area (Å²) in [4.78, 5) is 33.5. The summed E-state index contributed by atoms with van der Waals surface area (Å²) in [6.07, 6.45) is 5.00. The van der Waals surface area contributed by atoms with Gasteiger partial charge in [0, 0.05) is 37.6 Å². The van der Waals surface area contributed by atoms with Crippen LogP contribution in [0.3, 0.4) is 0 Å². The van der Waals surface area contributed by atoms with Crippen molar-refractivity contribution in [3.63, 3.8) is 0 Å². The van der Waals surface area contributed by atoms with Crippen molar-refractivity contribution in [3.8, 4) is 22.6 Å². The number of amides is 2. The molecule has 5 aromatic rings. The van der Waals surface area contributed by atoms with Gasteiger partial charge in [0.1, 0.15) is 5.69 Å². The number of hydrogen-bond acceptors (Lipinski definition) is 5. The number of rotatable bonds is 3. The van der Waals surface area contributed by atoms with E-state index in [-0.39, 0.29) is 6.03 Å². The lowest BCUT2D eigenvalue weighted by Crippen LogP contribution is -2.27. The van der Waals surface area contributed by atoms with Crippen molar-refractivity contribution in [2.75, 3.05) is 19.4 Å². The number of nitrogens with one attached hydrogen (secondary N) is 3. The molecule has 5 rings (SSSR count). The summed E-state index contributed by atoms with van der Waals surface area (Å²) in [5.74, 6) is 0.572. The number of aromatic nitrogens is 6. The van der Waals surface area contributed by atoms with Gasteiger partial charge in [0.25, 0.3) is 0 Å². The van der Waals surface area contributed by atoms with Crippen LogP contribution in [0.1, 0.15) is 0 Å². The molecule has 0 unspecified atom stereocenters. The summed E-state index contributed by atoms with van der Waals surface area (Å²) >= 11 is 0. The predicted molar refractivity (Wildman–Crippen MR) is 121 cm³/mol. The number of pyridine rings is 2. The van der Waals surface area contributed by atoms with Crippen LogP contribution in [-0.2, 0) is 0 Å². The largest absolute Gasteiger partial charge is 0.338 e. The van der Waals surface area contributed by atoms with Crippen molar-refractivity contribution in [3.05, 3.63) is 60.3 Å². The minimum atomic E-state index is -0.238. The Kier molecular flexibility index (Phi) is 4.49. The van der Waals surface area contributed by atoms with Gasteiger partial charge < -0.3 is 15.2 Å². The van der Waals surface area contributed by atoms with Crippen molar-refractivity contribution < 1.29 is 4.79 Å². The first-order chi connectivity index (χ1) is 15.5. The molecular formula is C22H17N9O. The van der Waals surface area contributed by atoms with Crippen molar-refractivity contribution in [2.45, 2.75) is 0 Å². The highest BCUT2D eigenvalue weighted by molar-refractivity contribution is 5.96. The number of anilines is 1. The van der Waals surface area contributed by atoms with Crippen molar-refractivity contribution >= 4 is 39.5 Å². The molecule has 0 fully saturated rings. The van der Waals surface area contributed by atoms with Crippen LogP contribution in [-0.4, -0.2) is 55.2 Å². The third-order valence-corrected chi connectivity index (χ3v) is 4.99. The van der Waals surface area contributed by atoms with Crippen LogP contribution in [0.25, 0.3) is 49.6 Å². The van der Waals surface area contributed by atoms with Gasteiger partial charge in [-0.1, -0.05) is 12.1 Å². The Balaban J connectivity index is 1.57. The van der Waals surface area contributed by atoms with Gasteiger partial charge in [0.2, 0.25) is 5.69 Å². The molecule has 2 amide bonds. The number of fused-ring (bicyclic) bond motifs is 2. The van der Waals surface area contributed by atoms with Crippen LogP contribution in [0.5, 0.6) is 0 Å². The smallest absolute Gasteiger partial charge is 0.321 e. The lowest BCUT2D eigenvalue weighted by molar-refractivity contribution is 0.230. The molecule has 32 heavy (non-hydrogen) atoms. The van der Waals surface area contributed by atoms with E-state index in [4.69, 9.17) is 6.57 Å². The molecule has 4 heterocycles. The van der Waals surface area contributed by atoms with E-state index in [0.717, 1.165) is 22.0 Å². The van der Waals surface area contributed by atoms with E-state index in [0.29, 0.717) is 34.1 Å². The Morgan fingerprint density at radius 1 is 1.16 bits per heavy atom. The maximum absolute atomic E-state index is 12.0. The maximum atomic E-state index is 12.0. The normalized spacial score (nSPS) is 10.9. The molecule has 10 nitrogen and oxygen atoms in total. The van der Waals surface area contributed by atoms with Crippen LogP contribution in [0.15, 0.2) is 48.9 Å². The second-order valence-corrected chi connectivity index (χ2v) is 7.35. The number of hydrogen-bond donors (Lipinski definition) is 3. The Morgan fingerprint density at radius 2 is 2.00 bits per heavy atom. The molecule has 0 aliphatic rings. The molecule has 156 valence electrons. The summed E-state index contributed by atoms with van der Waals surface area (Å²) in [5.41, 5.74) is 5.26. The number of imidazole rings is 1. The summed E-state index contributed by atoms with van der Waals surface area (Å²) < 4.78 is 0. The van der Waals surface area contributed by atoms with E-state index in [1.54, 1.807) is 38.8 Å². The van der Waals surface area contributed by atoms with E-state index in [2.05, 4.69) is 40.3 Å². The fraction of sp³-hybridized carbons (Fsp3) is 0.0909. The third kappa shape index (κ3) is 3.27. The maximum Gasteiger partial charge on any atom is 0.321 e. The monoisotopic (exact) mass is 423 g/mol. The van der Waals surface area contributed by atoms with Gasteiger partial charge in [-0.15, -0.1) is 0 Å². The topological polar surface area (TPSA) is 120 Å². The highest BCUT2D eigenvalue weighted by atomic mass is 16.2. The first-order valence-corrected chi connectivity index (χ1v) is 9.68. The SMILES string of the molecule is [C-]#[N+]c1cccc2[nH]c(-c3[nH]nc4ncc(-c5cncc(NC(=O)N(C)C)c5)cc34)nc12. The standard InChI is InChI=1S/C22H17N9O/c1-23-16-5-4-6-17-19(16)28-21(27-17)18-15-8-13(10-25-20(15)30-29-18)12-7-14(11-24-9-12)26-22(32)31(2)3/h4-11H,2-3H3,(H,26,32)(H,27,28)(H,25,29,30). The molecule has 0 aliphatic heterocycles. The van der Waals surface area contributed by atoms with Gasteiger partial charge in [-0.2, -0.15) is 5.10 Å². The molecule has 0 bridgehead atoms. The molecule has 3 N–H and O–H groups in total. The van der Waals surface area contributed by atoms with Gasteiger partial charge in [-0.05, 0) is 18.2 Å². The zero-order chi connectivity index (χ0) is 22.2. The fourth-order valence-electron chi connectivity index (χ4n) is 3.37. The van der Waals surface area contributed by atoms with Crippen molar-refractivity contribution in [2.24, 2.45) is 0 Å². The van der Waals surface area contributed by atoms with Gasteiger partial charge in [-0.3, -0.25) is 10.1 Å². The molecule has 1 aromatic carbocycles. The minimum Gasteiger partial charge on any atom is -0.338 e. The second kappa shape index (κ2) is 7.48. The number of benzene rings is 1. The fourth-order valence-corrected chi connectivity index (χ4v) is 3.37. The summed E-state index contributed by atoms with van der Waals surface area (Å²) in [7, 11) is 3.34. The van der Waals surface area contributed by atoms with Crippen LogP contribution in [0.2, 0.25) is 0 Å². The molecule has 0 saturated heterocycles. The first kappa shape index (κ1) is 19.2. The highest BCUT2D eigenvalue weighted by Crippen LogP contribution is 2.31. The number of nitrogens with zero attached hydrogens (tertiary/aromatic N) is 6. The zero-order valence-corrected chi connectivity index (χ0v) is 17.2. The molecule has 0 spiro atoms. The van der Waals surface area contributed by atoms with Crippen molar-refractivity contribution in [1.29, 1.82) is 0 Å². The van der Waals surface area contributed by atoms with Gasteiger partial charge >= 0.3 is 6.03 Å². The molecule has 0 aliphatic carbocycles. The Hall–Kier alpha value is -4.78. The minimum absolute atomic E-state index is 0.238. The molecule has 0 radical (unpaired) electrons. The van der Waals surface area contributed by atoms with Crippen LogP contribution >= 0.6 is 0 Å². The first-order valence-electron chi connectivity index (χ1n) is 9.68. The zero-order valence-electron chi connectivity index (χ0n) is 17.2. The molecular weight excluding hydrogens is 406 g/mol. The third-order valence-electron chi connectivity index (χ3n) is 4.99. The number of urea groups is 1. The molecule has 0 atom stereocenters. The summed E-state index contributed by atoms with van der Waals surface area (Å²) in [6, 6.07) is 8.97. The van der Waals surface area contributed by atoms with E-state index < -0.39 is 0 Å². The average Bonchev–Trinajstić information content (AvgIpc) is 3.42. The Labute approximate surface area is 182 Å². The van der Waals surface area contributed by atoms with Crippen LogP contribution in [0, 0.1) is 6.57 Å². The number of carbonyl (C=O) groups is 1. The molecule has 4 aromatic heterocycles. The average molecular weight is 423 g/mol. The summed E-state index contributed by atoms with van der Waals surface area (Å²) in [6.45, 7) is 7.35. The van der Waals surface area contributed by atoms with E-state index >= 15 is 0 Å². The van der Waals surface area contributed by atoms with Crippen molar-refractivity contribution in [1.82, 2.24) is 35.0 Å². The van der Waals surface area contributed by atoms with Gasteiger partial charge in [0.05, 0.1) is 34.9 Å².